The van der Waals surface area contributed by atoms with Gasteiger partial charge in [0.25, 0.3) is 0 Å². The molecule has 1 N–H and O–H groups in total. The Hall–Kier alpha value is -3.05. The molecule has 1 aromatic carbocycles. The number of aromatic nitrogens is 4. The van der Waals surface area contributed by atoms with E-state index >= 15 is 0 Å². The van der Waals surface area contributed by atoms with Crippen LogP contribution in [0.4, 0.5) is 0 Å². The highest BCUT2D eigenvalue weighted by Gasteiger charge is 2.25. The fourth-order valence-electron chi connectivity index (χ4n) is 3.71. The molecule has 0 fully saturated rings. The van der Waals surface area contributed by atoms with Crippen molar-refractivity contribution in [2.24, 2.45) is 11.0 Å². The summed E-state index contributed by atoms with van der Waals surface area (Å²) in [5.41, 5.74) is 13.4. The van der Waals surface area contributed by atoms with Crippen LogP contribution in [0, 0.1) is 5.92 Å². The molecular formula is C18H19N7. The predicted molar refractivity (Wildman–Crippen MR) is 95.3 cm³/mol. The third-order valence-corrected chi connectivity index (χ3v) is 4.87. The van der Waals surface area contributed by atoms with Crippen molar-refractivity contribution >= 4 is 0 Å². The van der Waals surface area contributed by atoms with Crippen molar-refractivity contribution < 1.29 is 0 Å². The summed E-state index contributed by atoms with van der Waals surface area (Å²) in [6.45, 7) is 0.574. The van der Waals surface area contributed by atoms with Crippen molar-refractivity contribution in [1.29, 1.82) is 0 Å². The standard InChI is InChI=1S/C18H19N7/c19-24-21-9-8-13-6-7-16-15(10-13)11-17(14-4-2-1-3-5-14)25(16)18-20-12-22-23-18/h1-5,11-13H,6-10H2,(H,20,22,23). The van der Waals surface area contributed by atoms with Crippen molar-refractivity contribution in [2.75, 3.05) is 6.54 Å². The molecule has 1 unspecified atom stereocenters. The Labute approximate surface area is 145 Å². The number of azide groups is 1. The Bertz CT molecular complexity index is 889. The number of aromatic amines is 1. The molecule has 1 aliphatic rings. The number of nitrogens with zero attached hydrogens (tertiary/aromatic N) is 6. The summed E-state index contributed by atoms with van der Waals surface area (Å²) in [5.74, 6) is 1.32. The van der Waals surface area contributed by atoms with Crippen LogP contribution >= 0.6 is 0 Å². The minimum Gasteiger partial charge on any atom is -0.282 e. The summed E-state index contributed by atoms with van der Waals surface area (Å²) in [5, 5.41) is 10.7. The number of nitrogens with one attached hydrogen (secondary N) is 1. The van der Waals surface area contributed by atoms with E-state index < -0.39 is 0 Å². The number of hydrogen-bond donors (Lipinski definition) is 1. The molecule has 4 rings (SSSR count). The Morgan fingerprint density at radius 2 is 2.20 bits per heavy atom. The molecule has 2 aromatic heterocycles. The number of fused-ring (bicyclic) bond motifs is 1. The zero-order valence-electron chi connectivity index (χ0n) is 13.8. The molecular weight excluding hydrogens is 314 g/mol. The highest BCUT2D eigenvalue weighted by Crippen LogP contribution is 2.35. The van der Waals surface area contributed by atoms with Crippen LogP contribution in [0.1, 0.15) is 24.1 Å². The third-order valence-electron chi connectivity index (χ3n) is 4.87. The fraction of sp³-hybridized carbons (Fsp3) is 0.333. The van der Waals surface area contributed by atoms with Gasteiger partial charge in [-0.25, -0.2) is 5.10 Å². The molecule has 0 bridgehead atoms. The van der Waals surface area contributed by atoms with Gasteiger partial charge in [-0.05, 0) is 54.3 Å². The highest BCUT2D eigenvalue weighted by molar-refractivity contribution is 5.65. The number of benzene rings is 1. The number of rotatable bonds is 5. The number of H-pyrrole nitrogens is 1. The minimum atomic E-state index is 0.562. The van der Waals surface area contributed by atoms with E-state index in [-0.39, 0.29) is 0 Å². The average Bonchev–Trinajstić information content (AvgIpc) is 3.29. The summed E-state index contributed by atoms with van der Waals surface area (Å²) in [7, 11) is 0. The van der Waals surface area contributed by atoms with Gasteiger partial charge < -0.3 is 0 Å². The summed E-state index contributed by atoms with van der Waals surface area (Å²) in [6.07, 6.45) is 5.58. The first-order valence-corrected chi connectivity index (χ1v) is 8.52. The van der Waals surface area contributed by atoms with E-state index in [9.17, 15) is 0 Å². The molecule has 7 nitrogen and oxygen atoms in total. The maximum absolute atomic E-state index is 8.46. The minimum absolute atomic E-state index is 0.562. The van der Waals surface area contributed by atoms with Gasteiger partial charge in [-0.2, -0.15) is 10.1 Å². The largest absolute Gasteiger partial charge is 0.282 e. The Kier molecular flexibility index (Phi) is 4.23. The van der Waals surface area contributed by atoms with E-state index in [0.717, 1.165) is 37.3 Å². The molecule has 126 valence electrons. The lowest BCUT2D eigenvalue weighted by molar-refractivity contribution is 0.427. The van der Waals surface area contributed by atoms with Crippen LogP contribution in [0.5, 0.6) is 0 Å². The first kappa shape index (κ1) is 15.5. The van der Waals surface area contributed by atoms with E-state index in [1.54, 1.807) is 6.33 Å². The van der Waals surface area contributed by atoms with Gasteiger partial charge >= 0.3 is 0 Å². The summed E-state index contributed by atoms with van der Waals surface area (Å²) in [6, 6.07) is 12.6. The van der Waals surface area contributed by atoms with Gasteiger partial charge in [0.15, 0.2) is 0 Å². The Morgan fingerprint density at radius 1 is 1.32 bits per heavy atom. The molecule has 0 saturated heterocycles. The molecule has 1 atom stereocenters. The van der Waals surface area contributed by atoms with Crippen LogP contribution in [-0.4, -0.2) is 26.3 Å². The summed E-state index contributed by atoms with van der Waals surface area (Å²) in [4.78, 5) is 7.23. The quantitative estimate of drug-likeness (QED) is 0.433. The van der Waals surface area contributed by atoms with Gasteiger partial charge in [-0.3, -0.25) is 4.57 Å². The van der Waals surface area contributed by atoms with Gasteiger partial charge in [-0.1, -0.05) is 35.4 Å². The Balaban J connectivity index is 1.73. The van der Waals surface area contributed by atoms with E-state index in [0.29, 0.717) is 12.5 Å². The zero-order chi connectivity index (χ0) is 17.1. The second-order valence-electron chi connectivity index (χ2n) is 6.36. The average molecular weight is 333 g/mol. The van der Waals surface area contributed by atoms with Gasteiger partial charge in [0, 0.05) is 17.2 Å². The van der Waals surface area contributed by atoms with Crippen molar-refractivity contribution in [3.8, 4) is 17.2 Å². The summed E-state index contributed by atoms with van der Waals surface area (Å²) >= 11 is 0. The SMILES string of the molecule is [N-]=[N+]=NCCC1CCc2c(cc(-c3ccccc3)n2-c2ncn[nH]2)C1. The molecule has 2 heterocycles. The highest BCUT2D eigenvalue weighted by atomic mass is 15.3. The van der Waals surface area contributed by atoms with Crippen LogP contribution in [0.2, 0.25) is 0 Å². The molecule has 25 heavy (non-hydrogen) atoms. The molecule has 0 saturated carbocycles. The Morgan fingerprint density at radius 3 is 2.96 bits per heavy atom. The second kappa shape index (κ2) is 6.83. The smallest absolute Gasteiger partial charge is 0.230 e. The van der Waals surface area contributed by atoms with Gasteiger partial charge in [0.2, 0.25) is 5.95 Å². The maximum atomic E-state index is 8.46. The van der Waals surface area contributed by atoms with Crippen LogP contribution in [0.25, 0.3) is 27.6 Å². The predicted octanol–water partition coefficient (Wildman–Crippen LogP) is 4.07. The molecule has 0 aliphatic heterocycles. The monoisotopic (exact) mass is 333 g/mol. The van der Waals surface area contributed by atoms with Gasteiger partial charge in [0.05, 0.1) is 5.69 Å². The molecule has 0 spiro atoms. The second-order valence-corrected chi connectivity index (χ2v) is 6.36. The van der Waals surface area contributed by atoms with Crippen molar-refractivity contribution in [2.45, 2.75) is 25.7 Å². The molecule has 0 amide bonds. The topological polar surface area (TPSA) is 95.3 Å². The zero-order valence-corrected chi connectivity index (χ0v) is 13.8. The maximum Gasteiger partial charge on any atom is 0.230 e. The third kappa shape index (κ3) is 3.02. The van der Waals surface area contributed by atoms with Crippen LogP contribution in [-0.2, 0) is 12.8 Å². The van der Waals surface area contributed by atoms with Gasteiger partial charge in [-0.15, -0.1) is 0 Å². The molecule has 3 aromatic rings. The normalized spacial score (nSPS) is 16.2. The van der Waals surface area contributed by atoms with E-state index in [1.807, 2.05) is 6.07 Å². The van der Waals surface area contributed by atoms with E-state index in [2.05, 4.69) is 60.1 Å². The fourth-order valence-corrected chi connectivity index (χ4v) is 3.71. The van der Waals surface area contributed by atoms with Crippen molar-refractivity contribution in [3.05, 3.63) is 64.4 Å². The lowest BCUT2D eigenvalue weighted by Gasteiger charge is -2.23. The van der Waals surface area contributed by atoms with Crippen LogP contribution in [0.15, 0.2) is 47.8 Å². The lowest BCUT2D eigenvalue weighted by Crippen LogP contribution is -2.17. The van der Waals surface area contributed by atoms with Crippen molar-refractivity contribution in [1.82, 2.24) is 19.7 Å². The van der Waals surface area contributed by atoms with Crippen LogP contribution in [0.3, 0.4) is 0 Å². The first-order chi connectivity index (χ1) is 12.4. The lowest BCUT2D eigenvalue weighted by atomic mass is 9.85. The number of hydrogen-bond acceptors (Lipinski definition) is 3. The molecule has 7 heteroatoms. The van der Waals surface area contributed by atoms with Crippen LogP contribution < -0.4 is 0 Å². The van der Waals surface area contributed by atoms with Crippen molar-refractivity contribution in [3.63, 3.8) is 0 Å². The van der Waals surface area contributed by atoms with E-state index in [4.69, 9.17) is 5.53 Å². The van der Waals surface area contributed by atoms with E-state index in [1.165, 1.54) is 16.8 Å². The van der Waals surface area contributed by atoms with Gasteiger partial charge in [0.1, 0.15) is 6.33 Å². The summed E-state index contributed by atoms with van der Waals surface area (Å²) < 4.78 is 2.20. The first-order valence-electron chi connectivity index (χ1n) is 8.52. The molecule has 0 radical (unpaired) electrons. The molecule has 1 aliphatic carbocycles.